The summed E-state index contributed by atoms with van der Waals surface area (Å²) >= 11 is 0. The molecular weight excluding hydrogens is 186 g/mol. The molecular formula is C12H13N3. The molecule has 0 saturated heterocycles. The van der Waals surface area contributed by atoms with E-state index in [0.29, 0.717) is 11.4 Å². The van der Waals surface area contributed by atoms with Crippen molar-refractivity contribution in [2.24, 2.45) is 0 Å². The number of nitrogens with two attached hydrogens (primary N) is 3. The monoisotopic (exact) mass is 199 g/mol. The number of anilines is 3. The fourth-order valence-electron chi connectivity index (χ4n) is 1.56. The molecule has 3 heteroatoms. The zero-order valence-corrected chi connectivity index (χ0v) is 8.27. The van der Waals surface area contributed by atoms with Gasteiger partial charge in [-0.05, 0) is 41.5 Å². The molecule has 0 atom stereocenters. The Hall–Kier alpha value is -2.16. The van der Waals surface area contributed by atoms with Crippen LogP contribution in [0.4, 0.5) is 17.1 Å². The molecule has 0 unspecified atom stereocenters. The Kier molecular flexibility index (Phi) is 2.21. The molecule has 0 aromatic heterocycles. The van der Waals surface area contributed by atoms with Gasteiger partial charge in [-0.1, -0.05) is 12.1 Å². The molecule has 0 amide bonds. The van der Waals surface area contributed by atoms with Gasteiger partial charge in [-0.2, -0.15) is 0 Å². The average Bonchev–Trinajstić information content (AvgIpc) is 2.16. The Labute approximate surface area is 88.5 Å². The highest BCUT2D eigenvalue weighted by atomic mass is 14.6. The maximum atomic E-state index is 5.72. The van der Waals surface area contributed by atoms with E-state index >= 15 is 0 Å². The minimum atomic E-state index is 0.660. The molecule has 2 rings (SSSR count). The van der Waals surface area contributed by atoms with E-state index in [2.05, 4.69) is 0 Å². The molecule has 0 bridgehead atoms. The van der Waals surface area contributed by atoms with Gasteiger partial charge in [-0.3, -0.25) is 0 Å². The molecule has 0 saturated carbocycles. The van der Waals surface area contributed by atoms with E-state index in [0.717, 1.165) is 16.8 Å². The third kappa shape index (κ3) is 2.02. The molecule has 0 aliphatic rings. The van der Waals surface area contributed by atoms with Crippen molar-refractivity contribution >= 4 is 17.1 Å². The molecule has 0 aliphatic carbocycles. The Morgan fingerprint density at radius 3 is 1.80 bits per heavy atom. The van der Waals surface area contributed by atoms with E-state index in [1.54, 1.807) is 6.07 Å². The summed E-state index contributed by atoms with van der Waals surface area (Å²) in [5, 5.41) is 0. The van der Waals surface area contributed by atoms with Crippen molar-refractivity contribution in [2.75, 3.05) is 17.2 Å². The topological polar surface area (TPSA) is 78.1 Å². The standard InChI is InChI=1S/C12H13N3/c13-10-3-1-2-8(4-10)9-5-11(14)7-12(15)6-9/h1-7H,13-15H2. The predicted octanol–water partition coefficient (Wildman–Crippen LogP) is 2.10. The van der Waals surface area contributed by atoms with Crippen LogP contribution in [-0.2, 0) is 0 Å². The summed E-state index contributed by atoms with van der Waals surface area (Å²) in [5.74, 6) is 0. The van der Waals surface area contributed by atoms with Crippen LogP contribution in [0.25, 0.3) is 11.1 Å². The number of hydrogen-bond donors (Lipinski definition) is 3. The van der Waals surface area contributed by atoms with Crippen LogP contribution in [-0.4, -0.2) is 0 Å². The number of nitrogen functional groups attached to an aromatic ring is 3. The average molecular weight is 199 g/mol. The van der Waals surface area contributed by atoms with Gasteiger partial charge in [0.05, 0.1) is 0 Å². The van der Waals surface area contributed by atoms with Crippen LogP contribution in [0.3, 0.4) is 0 Å². The number of hydrogen-bond acceptors (Lipinski definition) is 3. The lowest BCUT2D eigenvalue weighted by Gasteiger charge is -2.05. The van der Waals surface area contributed by atoms with Gasteiger partial charge in [0.15, 0.2) is 0 Å². The Balaban J connectivity index is 2.54. The Bertz CT molecular complexity index is 472. The van der Waals surface area contributed by atoms with Crippen LogP contribution in [0.15, 0.2) is 42.5 Å². The smallest absolute Gasteiger partial charge is 0.0340 e. The molecule has 2 aromatic carbocycles. The van der Waals surface area contributed by atoms with E-state index in [1.165, 1.54) is 0 Å². The highest BCUT2D eigenvalue weighted by molar-refractivity contribution is 5.74. The normalized spacial score (nSPS) is 10.1. The lowest BCUT2D eigenvalue weighted by atomic mass is 10.0. The minimum Gasteiger partial charge on any atom is -0.399 e. The second kappa shape index (κ2) is 3.53. The number of rotatable bonds is 1. The van der Waals surface area contributed by atoms with Gasteiger partial charge >= 0.3 is 0 Å². The van der Waals surface area contributed by atoms with Crippen molar-refractivity contribution in [3.8, 4) is 11.1 Å². The summed E-state index contributed by atoms with van der Waals surface area (Å²) in [6.07, 6.45) is 0. The lowest BCUT2D eigenvalue weighted by molar-refractivity contribution is 1.60. The number of benzene rings is 2. The van der Waals surface area contributed by atoms with Crippen molar-refractivity contribution in [3.63, 3.8) is 0 Å². The first-order valence-electron chi connectivity index (χ1n) is 4.67. The molecule has 0 fully saturated rings. The van der Waals surface area contributed by atoms with Crippen LogP contribution < -0.4 is 17.2 Å². The molecule has 0 spiro atoms. The predicted molar refractivity (Wildman–Crippen MR) is 65.1 cm³/mol. The first-order valence-corrected chi connectivity index (χ1v) is 4.67. The lowest BCUT2D eigenvalue weighted by Crippen LogP contribution is -1.92. The second-order valence-corrected chi connectivity index (χ2v) is 3.51. The van der Waals surface area contributed by atoms with Gasteiger partial charge in [0, 0.05) is 17.1 Å². The van der Waals surface area contributed by atoms with E-state index in [1.807, 2.05) is 36.4 Å². The van der Waals surface area contributed by atoms with E-state index in [9.17, 15) is 0 Å². The van der Waals surface area contributed by atoms with Crippen molar-refractivity contribution in [3.05, 3.63) is 42.5 Å². The first kappa shape index (κ1) is 9.40. The van der Waals surface area contributed by atoms with Gasteiger partial charge in [-0.25, -0.2) is 0 Å². The third-order valence-electron chi connectivity index (χ3n) is 2.20. The van der Waals surface area contributed by atoms with Gasteiger partial charge < -0.3 is 17.2 Å². The summed E-state index contributed by atoms with van der Waals surface area (Å²) in [5.41, 5.74) is 21.2. The van der Waals surface area contributed by atoms with E-state index in [-0.39, 0.29) is 0 Å². The molecule has 3 nitrogen and oxygen atoms in total. The summed E-state index contributed by atoms with van der Waals surface area (Å²) in [7, 11) is 0. The van der Waals surface area contributed by atoms with Crippen molar-refractivity contribution in [1.82, 2.24) is 0 Å². The van der Waals surface area contributed by atoms with Crippen LogP contribution in [0.5, 0.6) is 0 Å². The first-order chi connectivity index (χ1) is 7.15. The summed E-state index contributed by atoms with van der Waals surface area (Å²) in [4.78, 5) is 0. The summed E-state index contributed by atoms with van der Waals surface area (Å²) in [6.45, 7) is 0. The van der Waals surface area contributed by atoms with Crippen LogP contribution in [0, 0.1) is 0 Å². The van der Waals surface area contributed by atoms with Crippen LogP contribution >= 0.6 is 0 Å². The largest absolute Gasteiger partial charge is 0.399 e. The van der Waals surface area contributed by atoms with Crippen LogP contribution in [0.1, 0.15) is 0 Å². The van der Waals surface area contributed by atoms with Gasteiger partial charge in [0.25, 0.3) is 0 Å². The molecule has 0 heterocycles. The molecule has 6 N–H and O–H groups in total. The Morgan fingerprint density at radius 1 is 0.600 bits per heavy atom. The van der Waals surface area contributed by atoms with E-state index < -0.39 is 0 Å². The molecule has 0 aliphatic heterocycles. The van der Waals surface area contributed by atoms with Crippen LogP contribution in [0.2, 0.25) is 0 Å². The molecule has 0 radical (unpaired) electrons. The van der Waals surface area contributed by atoms with Crippen molar-refractivity contribution in [2.45, 2.75) is 0 Å². The molecule has 76 valence electrons. The SMILES string of the molecule is Nc1cccc(-c2cc(N)cc(N)c2)c1. The molecule has 15 heavy (non-hydrogen) atoms. The highest BCUT2D eigenvalue weighted by Gasteiger charge is 2.00. The van der Waals surface area contributed by atoms with Gasteiger partial charge in [0.1, 0.15) is 0 Å². The Morgan fingerprint density at radius 2 is 1.20 bits per heavy atom. The minimum absolute atomic E-state index is 0.660. The maximum absolute atomic E-state index is 5.72. The summed E-state index contributed by atoms with van der Waals surface area (Å²) < 4.78 is 0. The third-order valence-corrected chi connectivity index (χ3v) is 2.20. The zero-order chi connectivity index (χ0) is 10.8. The van der Waals surface area contributed by atoms with E-state index in [4.69, 9.17) is 17.2 Å². The quantitative estimate of drug-likeness (QED) is 0.615. The zero-order valence-electron chi connectivity index (χ0n) is 8.27. The summed E-state index contributed by atoms with van der Waals surface area (Å²) in [6, 6.07) is 13.1. The fourth-order valence-corrected chi connectivity index (χ4v) is 1.56. The van der Waals surface area contributed by atoms with Gasteiger partial charge in [-0.15, -0.1) is 0 Å². The fraction of sp³-hybridized carbons (Fsp3) is 0. The highest BCUT2D eigenvalue weighted by Crippen LogP contribution is 2.25. The second-order valence-electron chi connectivity index (χ2n) is 3.51. The van der Waals surface area contributed by atoms with Crippen molar-refractivity contribution < 1.29 is 0 Å². The maximum Gasteiger partial charge on any atom is 0.0340 e. The van der Waals surface area contributed by atoms with Gasteiger partial charge in [0.2, 0.25) is 0 Å². The van der Waals surface area contributed by atoms with Crippen molar-refractivity contribution in [1.29, 1.82) is 0 Å². The molecule has 2 aromatic rings.